The number of amides is 1. The van der Waals surface area contributed by atoms with E-state index in [1.54, 1.807) is 17.7 Å². The highest BCUT2D eigenvalue weighted by molar-refractivity contribution is 6.41. The fourth-order valence-electron chi connectivity index (χ4n) is 3.16. The Morgan fingerprint density at radius 2 is 1.73 bits per heavy atom. The summed E-state index contributed by atoms with van der Waals surface area (Å²) in [6.07, 6.45) is 0. The van der Waals surface area contributed by atoms with Crippen LogP contribution in [0.5, 0.6) is 0 Å². The predicted octanol–water partition coefficient (Wildman–Crippen LogP) is 3.01. The van der Waals surface area contributed by atoms with E-state index in [0.29, 0.717) is 22.4 Å². The number of hydrogen-bond donors (Lipinski definition) is 1. The fraction of sp³-hybridized carbons (Fsp3) is 0.421. The lowest BCUT2D eigenvalue weighted by atomic mass is 10.1. The second kappa shape index (κ2) is 8.44. The van der Waals surface area contributed by atoms with Crippen molar-refractivity contribution in [3.05, 3.63) is 57.3 Å². The van der Waals surface area contributed by atoms with Gasteiger partial charge in [-0.05, 0) is 24.2 Å². The third-order valence-electron chi connectivity index (χ3n) is 4.90. The van der Waals surface area contributed by atoms with Crippen molar-refractivity contribution in [2.45, 2.75) is 13.1 Å². The van der Waals surface area contributed by atoms with Crippen LogP contribution in [-0.2, 0) is 20.1 Å². The molecule has 1 aliphatic rings. The van der Waals surface area contributed by atoms with Crippen molar-refractivity contribution in [2.75, 3.05) is 33.2 Å². The predicted molar refractivity (Wildman–Crippen MR) is 106 cm³/mol. The summed E-state index contributed by atoms with van der Waals surface area (Å²) in [7, 11) is 3.88. The van der Waals surface area contributed by atoms with Gasteiger partial charge in [-0.3, -0.25) is 9.69 Å². The van der Waals surface area contributed by atoms with Crippen molar-refractivity contribution in [3.8, 4) is 0 Å². The molecule has 1 aliphatic heterocycles. The third kappa shape index (κ3) is 4.41. The van der Waals surface area contributed by atoms with E-state index in [0.717, 1.165) is 38.3 Å². The first-order chi connectivity index (χ1) is 12.5. The van der Waals surface area contributed by atoms with Crippen molar-refractivity contribution in [3.63, 3.8) is 0 Å². The Labute approximate surface area is 164 Å². The van der Waals surface area contributed by atoms with Gasteiger partial charge in [0.25, 0.3) is 5.91 Å². The number of nitrogens with zero attached hydrogens (tertiary/aromatic N) is 3. The summed E-state index contributed by atoms with van der Waals surface area (Å²) >= 11 is 12.0. The molecular formula is C19H24Cl2N4O. The van der Waals surface area contributed by atoms with Gasteiger partial charge in [-0.1, -0.05) is 47.5 Å². The van der Waals surface area contributed by atoms with Crippen LogP contribution in [0.1, 0.15) is 21.6 Å². The van der Waals surface area contributed by atoms with E-state index in [1.807, 2.05) is 12.1 Å². The smallest absolute Gasteiger partial charge is 0.268 e. The van der Waals surface area contributed by atoms with Gasteiger partial charge in [-0.25, -0.2) is 0 Å². The number of likely N-dealkylation sites (N-methyl/N-ethyl adjacent to an activating group) is 1. The molecule has 0 bridgehead atoms. The lowest BCUT2D eigenvalue weighted by Crippen LogP contribution is -2.44. The van der Waals surface area contributed by atoms with Crippen LogP contribution in [0.15, 0.2) is 30.3 Å². The summed E-state index contributed by atoms with van der Waals surface area (Å²) in [5, 5.41) is 3.73. The lowest BCUT2D eigenvalue weighted by Gasteiger charge is -2.32. The lowest BCUT2D eigenvalue weighted by molar-refractivity contribution is 0.0942. The van der Waals surface area contributed by atoms with E-state index in [9.17, 15) is 4.79 Å². The zero-order chi connectivity index (χ0) is 18.7. The minimum absolute atomic E-state index is 0.185. The first-order valence-corrected chi connectivity index (χ1v) is 9.48. The van der Waals surface area contributed by atoms with Gasteiger partial charge in [-0.15, -0.1) is 0 Å². The molecule has 0 aliphatic carbocycles. The largest absolute Gasteiger partial charge is 0.347 e. The summed E-state index contributed by atoms with van der Waals surface area (Å²) in [4.78, 5) is 17.3. The molecular weight excluding hydrogens is 371 g/mol. The van der Waals surface area contributed by atoms with Crippen molar-refractivity contribution in [2.24, 2.45) is 7.05 Å². The average molecular weight is 395 g/mol. The van der Waals surface area contributed by atoms with Crippen molar-refractivity contribution >= 4 is 29.1 Å². The summed E-state index contributed by atoms with van der Waals surface area (Å²) in [6, 6.07) is 9.85. The number of piperazine rings is 1. The summed E-state index contributed by atoms with van der Waals surface area (Å²) in [5.41, 5.74) is 2.84. The molecule has 1 amide bonds. The average Bonchev–Trinajstić information content (AvgIpc) is 2.90. The number of hydrogen-bond acceptors (Lipinski definition) is 3. The number of benzene rings is 1. The van der Waals surface area contributed by atoms with E-state index in [1.165, 1.54) is 5.56 Å². The first kappa shape index (κ1) is 19.2. The van der Waals surface area contributed by atoms with Gasteiger partial charge < -0.3 is 14.8 Å². The van der Waals surface area contributed by atoms with Crippen LogP contribution < -0.4 is 5.32 Å². The maximum Gasteiger partial charge on any atom is 0.268 e. The molecule has 0 unspecified atom stereocenters. The van der Waals surface area contributed by atoms with Crippen molar-refractivity contribution in [1.29, 1.82) is 0 Å². The SMILES string of the molecule is CN1CCN(Cc2ccccc2CNC(=O)c2cc(Cl)c(Cl)n2C)CC1. The molecule has 0 radical (unpaired) electrons. The van der Waals surface area contributed by atoms with Crippen LogP contribution in [0.2, 0.25) is 10.2 Å². The molecule has 140 valence electrons. The standard InChI is InChI=1S/C19H24Cl2N4O/c1-23-7-9-25(10-8-23)13-15-6-4-3-5-14(15)12-22-19(26)17-11-16(20)18(21)24(17)2/h3-6,11H,7-10,12-13H2,1-2H3,(H,22,26). The number of halogens is 2. The van der Waals surface area contributed by atoms with Crippen LogP contribution in [0.25, 0.3) is 0 Å². The Balaban J connectivity index is 1.64. The van der Waals surface area contributed by atoms with E-state index in [2.05, 4.69) is 34.3 Å². The van der Waals surface area contributed by atoms with Gasteiger partial charge in [0, 0.05) is 46.3 Å². The van der Waals surface area contributed by atoms with Crippen LogP contribution >= 0.6 is 23.2 Å². The van der Waals surface area contributed by atoms with Gasteiger partial charge in [0.1, 0.15) is 10.8 Å². The minimum Gasteiger partial charge on any atom is -0.347 e. The topological polar surface area (TPSA) is 40.5 Å². The molecule has 3 rings (SSSR count). The highest BCUT2D eigenvalue weighted by atomic mass is 35.5. The zero-order valence-electron chi connectivity index (χ0n) is 15.1. The van der Waals surface area contributed by atoms with Crippen LogP contribution in [-0.4, -0.2) is 53.5 Å². The van der Waals surface area contributed by atoms with Gasteiger partial charge in [0.2, 0.25) is 0 Å². The molecule has 2 heterocycles. The molecule has 0 atom stereocenters. The van der Waals surface area contributed by atoms with Gasteiger partial charge in [0.05, 0.1) is 5.02 Å². The van der Waals surface area contributed by atoms with E-state index in [4.69, 9.17) is 23.2 Å². The summed E-state index contributed by atoms with van der Waals surface area (Å²) in [5.74, 6) is -0.185. The van der Waals surface area contributed by atoms with E-state index < -0.39 is 0 Å². The number of carbonyl (C=O) groups is 1. The number of rotatable bonds is 5. The normalized spacial score (nSPS) is 16.0. The Bertz CT molecular complexity index is 782. The number of aromatic nitrogens is 1. The zero-order valence-corrected chi connectivity index (χ0v) is 16.6. The molecule has 2 aromatic rings. The molecule has 5 nitrogen and oxygen atoms in total. The molecule has 1 N–H and O–H groups in total. The van der Waals surface area contributed by atoms with Gasteiger partial charge in [-0.2, -0.15) is 0 Å². The molecule has 26 heavy (non-hydrogen) atoms. The van der Waals surface area contributed by atoms with Gasteiger partial charge in [0.15, 0.2) is 0 Å². The molecule has 1 saturated heterocycles. The molecule has 0 spiro atoms. The molecule has 7 heteroatoms. The highest BCUT2D eigenvalue weighted by Crippen LogP contribution is 2.25. The van der Waals surface area contributed by atoms with Crippen molar-refractivity contribution < 1.29 is 4.79 Å². The van der Waals surface area contributed by atoms with E-state index in [-0.39, 0.29) is 5.91 Å². The summed E-state index contributed by atoms with van der Waals surface area (Å²) in [6.45, 7) is 5.70. The molecule has 0 saturated carbocycles. The third-order valence-corrected chi connectivity index (χ3v) is 5.74. The maximum atomic E-state index is 12.5. The molecule has 1 aromatic heterocycles. The van der Waals surface area contributed by atoms with E-state index >= 15 is 0 Å². The quantitative estimate of drug-likeness (QED) is 0.846. The van der Waals surface area contributed by atoms with Crippen LogP contribution in [0, 0.1) is 0 Å². The number of carbonyl (C=O) groups excluding carboxylic acids is 1. The Morgan fingerprint density at radius 1 is 1.08 bits per heavy atom. The first-order valence-electron chi connectivity index (χ1n) is 8.72. The minimum atomic E-state index is -0.185. The Kier molecular flexibility index (Phi) is 6.24. The molecule has 1 aromatic carbocycles. The monoisotopic (exact) mass is 394 g/mol. The summed E-state index contributed by atoms with van der Waals surface area (Å²) < 4.78 is 1.59. The Hall–Kier alpha value is -1.53. The highest BCUT2D eigenvalue weighted by Gasteiger charge is 2.17. The van der Waals surface area contributed by atoms with Crippen molar-refractivity contribution in [1.82, 2.24) is 19.7 Å². The second-order valence-electron chi connectivity index (χ2n) is 6.76. The number of nitrogens with one attached hydrogen (secondary N) is 1. The van der Waals surface area contributed by atoms with Crippen LogP contribution in [0.4, 0.5) is 0 Å². The van der Waals surface area contributed by atoms with Gasteiger partial charge >= 0.3 is 0 Å². The Morgan fingerprint density at radius 3 is 2.35 bits per heavy atom. The fourth-order valence-corrected chi connectivity index (χ4v) is 3.53. The second-order valence-corrected chi connectivity index (χ2v) is 7.52. The molecule has 1 fully saturated rings. The van der Waals surface area contributed by atoms with Crippen LogP contribution in [0.3, 0.4) is 0 Å². The maximum absolute atomic E-state index is 12.5.